The Morgan fingerprint density at radius 2 is 1.87 bits per heavy atom. The topological polar surface area (TPSA) is 94.1 Å². The number of hydrogen-bond donors (Lipinski definition) is 1. The van der Waals surface area contributed by atoms with Crippen LogP contribution in [0.3, 0.4) is 0 Å². The summed E-state index contributed by atoms with van der Waals surface area (Å²) in [6.45, 7) is 2.53. The lowest BCUT2D eigenvalue weighted by Crippen LogP contribution is -2.42. The van der Waals surface area contributed by atoms with Gasteiger partial charge in [0.05, 0.1) is 17.3 Å². The molecule has 1 aromatic carbocycles. The summed E-state index contributed by atoms with van der Waals surface area (Å²) in [4.78, 5) is 36.4. The van der Waals surface area contributed by atoms with Gasteiger partial charge in [-0.2, -0.15) is 0 Å². The summed E-state index contributed by atoms with van der Waals surface area (Å²) in [5.41, 5.74) is 9.31. The van der Waals surface area contributed by atoms with Crippen LogP contribution < -0.4 is 5.73 Å². The molecule has 30 heavy (non-hydrogen) atoms. The molecule has 0 saturated carbocycles. The van der Waals surface area contributed by atoms with Crippen LogP contribution in [0.1, 0.15) is 44.9 Å². The molecule has 3 aromatic rings. The molecule has 7 nitrogen and oxygen atoms in total. The van der Waals surface area contributed by atoms with Gasteiger partial charge in [0.15, 0.2) is 0 Å². The molecular formula is C23H23N5O2. The zero-order valence-electron chi connectivity index (χ0n) is 16.8. The third-order valence-corrected chi connectivity index (χ3v) is 6.28. The number of benzene rings is 1. The molecule has 2 bridgehead atoms. The van der Waals surface area contributed by atoms with E-state index >= 15 is 0 Å². The highest BCUT2D eigenvalue weighted by Gasteiger charge is 2.42. The fraction of sp³-hybridized carbons (Fsp3) is 0.304. The number of primary amides is 1. The van der Waals surface area contributed by atoms with E-state index in [1.165, 1.54) is 0 Å². The molecule has 152 valence electrons. The standard InChI is InChI=1S/C23H23N5O2/c1-14-9-10-25-12-18(14)23(30)28-16-7-8-17(28)13-27-19(11-16)20(21(24)29)26-22(27)15-5-3-2-4-6-15/h2-6,9-10,12,16-17H,7-8,11,13H2,1H3,(H2,24,29)/t16-,17+/m0/s1. The number of aryl methyl sites for hydroxylation is 1. The summed E-state index contributed by atoms with van der Waals surface area (Å²) in [5, 5.41) is 0. The van der Waals surface area contributed by atoms with Gasteiger partial charge in [-0.1, -0.05) is 30.3 Å². The van der Waals surface area contributed by atoms with Gasteiger partial charge >= 0.3 is 0 Å². The molecule has 1 fully saturated rings. The monoisotopic (exact) mass is 401 g/mol. The molecule has 0 spiro atoms. The van der Waals surface area contributed by atoms with Crippen LogP contribution in [0.15, 0.2) is 48.8 Å². The van der Waals surface area contributed by atoms with Gasteiger partial charge in [0.25, 0.3) is 11.8 Å². The van der Waals surface area contributed by atoms with Crippen LogP contribution in [0, 0.1) is 6.92 Å². The number of amides is 2. The van der Waals surface area contributed by atoms with E-state index < -0.39 is 5.91 Å². The average Bonchev–Trinajstić information content (AvgIpc) is 3.25. The molecule has 4 heterocycles. The van der Waals surface area contributed by atoms with Crippen molar-refractivity contribution < 1.29 is 9.59 Å². The van der Waals surface area contributed by atoms with E-state index in [9.17, 15) is 9.59 Å². The number of aromatic nitrogens is 3. The van der Waals surface area contributed by atoms with Crippen LogP contribution in [0.5, 0.6) is 0 Å². The molecule has 1 saturated heterocycles. The van der Waals surface area contributed by atoms with Crippen molar-refractivity contribution in [2.24, 2.45) is 5.73 Å². The Labute approximate surface area is 174 Å². The predicted molar refractivity (Wildman–Crippen MR) is 112 cm³/mol. The number of carbonyl (C=O) groups excluding carboxylic acids is 2. The van der Waals surface area contributed by atoms with Gasteiger partial charge in [0.2, 0.25) is 0 Å². The van der Waals surface area contributed by atoms with Crippen molar-refractivity contribution in [3.05, 3.63) is 71.3 Å². The number of hydrogen-bond acceptors (Lipinski definition) is 4. The van der Waals surface area contributed by atoms with Gasteiger partial charge in [-0.25, -0.2) is 4.98 Å². The summed E-state index contributed by atoms with van der Waals surface area (Å²) < 4.78 is 2.09. The lowest BCUT2D eigenvalue weighted by atomic mass is 10.0. The minimum absolute atomic E-state index is 0.00805. The number of rotatable bonds is 3. The summed E-state index contributed by atoms with van der Waals surface area (Å²) in [6.07, 6.45) is 5.74. The first-order valence-electron chi connectivity index (χ1n) is 10.2. The van der Waals surface area contributed by atoms with Crippen LogP contribution >= 0.6 is 0 Å². The Bertz CT molecular complexity index is 1140. The molecule has 0 radical (unpaired) electrons. The maximum atomic E-state index is 13.5. The lowest BCUT2D eigenvalue weighted by Gasteiger charge is -2.28. The van der Waals surface area contributed by atoms with Gasteiger partial charge in [-0.3, -0.25) is 14.6 Å². The summed E-state index contributed by atoms with van der Waals surface area (Å²) in [6, 6.07) is 11.7. The molecule has 2 amide bonds. The lowest BCUT2D eigenvalue weighted by molar-refractivity contribution is 0.0665. The van der Waals surface area contributed by atoms with Crippen LogP contribution in [0.2, 0.25) is 0 Å². The second-order valence-electron chi connectivity index (χ2n) is 8.06. The first-order valence-corrected chi connectivity index (χ1v) is 10.2. The minimum atomic E-state index is -0.528. The van der Waals surface area contributed by atoms with E-state index in [2.05, 4.69) is 14.5 Å². The number of pyridine rings is 1. The second kappa shape index (κ2) is 7.09. The Balaban J connectivity index is 1.58. The van der Waals surface area contributed by atoms with E-state index in [-0.39, 0.29) is 18.0 Å². The number of carbonyl (C=O) groups is 2. The van der Waals surface area contributed by atoms with Crippen molar-refractivity contribution in [1.82, 2.24) is 19.4 Å². The van der Waals surface area contributed by atoms with Crippen molar-refractivity contribution in [3.8, 4) is 11.4 Å². The quantitative estimate of drug-likeness (QED) is 0.730. The van der Waals surface area contributed by atoms with E-state index in [4.69, 9.17) is 5.73 Å². The average molecular weight is 401 g/mol. The summed E-state index contributed by atoms with van der Waals surface area (Å²) in [5.74, 6) is 0.213. The van der Waals surface area contributed by atoms with Gasteiger partial charge in [-0.15, -0.1) is 0 Å². The van der Waals surface area contributed by atoms with E-state index in [0.29, 0.717) is 24.2 Å². The Morgan fingerprint density at radius 3 is 2.60 bits per heavy atom. The van der Waals surface area contributed by atoms with Crippen molar-refractivity contribution in [2.75, 3.05) is 0 Å². The Morgan fingerprint density at radius 1 is 1.10 bits per heavy atom. The fourth-order valence-corrected chi connectivity index (χ4v) is 4.83. The molecular weight excluding hydrogens is 378 g/mol. The normalized spacial score (nSPS) is 20.0. The molecule has 7 heteroatoms. The van der Waals surface area contributed by atoms with Crippen LogP contribution in [0.4, 0.5) is 0 Å². The number of nitrogens with zero attached hydrogens (tertiary/aromatic N) is 4. The maximum absolute atomic E-state index is 13.5. The predicted octanol–water partition coefficient (Wildman–Crippen LogP) is 2.58. The highest BCUT2D eigenvalue weighted by molar-refractivity contribution is 5.96. The van der Waals surface area contributed by atoms with Crippen molar-refractivity contribution in [3.63, 3.8) is 0 Å². The highest BCUT2D eigenvalue weighted by atomic mass is 16.2. The Hall–Kier alpha value is -3.48. The van der Waals surface area contributed by atoms with Crippen molar-refractivity contribution in [1.29, 1.82) is 0 Å². The van der Waals surface area contributed by atoms with Crippen LogP contribution in [-0.2, 0) is 13.0 Å². The largest absolute Gasteiger partial charge is 0.364 e. The van der Waals surface area contributed by atoms with Crippen LogP contribution in [0.25, 0.3) is 11.4 Å². The third kappa shape index (κ3) is 2.89. The zero-order valence-corrected chi connectivity index (χ0v) is 16.8. The second-order valence-corrected chi connectivity index (χ2v) is 8.06. The van der Waals surface area contributed by atoms with Gasteiger partial charge in [-0.05, 0) is 31.4 Å². The van der Waals surface area contributed by atoms with Crippen LogP contribution in [-0.4, -0.2) is 43.3 Å². The minimum Gasteiger partial charge on any atom is -0.364 e. The molecule has 2 aliphatic heterocycles. The van der Waals surface area contributed by atoms with Gasteiger partial charge in [0, 0.05) is 37.0 Å². The third-order valence-electron chi connectivity index (χ3n) is 6.28. The van der Waals surface area contributed by atoms with Gasteiger partial charge in [0.1, 0.15) is 11.5 Å². The number of fused-ring (bicyclic) bond motifs is 3. The molecule has 2 N–H and O–H groups in total. The number of imidazole rings is 1. The molecule has 5 rings (SSSR count). The molecule has 2 aromatic heterocycles. The first kappa shape index (κ1) is 18.5. The SMILES string of the molecule is Cc1ccncc1C(=O)N1[C@@H]2CC[C@H]1Cc1c(C(N)=O)nc(-c3ccccc3)n1C2. The van der Waals surface area contributed by atoms with Gasteiger partial charge < -0.3 is 15.2 Å². The van der Waals surface area contributed by atoms with Crippen molar-refractivity contribution in [2.45, 2.75) is 44.8 Å². The first-order chi connectivity index (χ1) is 14.5. The molecule has 0 aliphatic carbocycles. The molecule has 2 aliphatic rings. The van der Waals surface area contributed by atoms with Crippen molar-refractivity contribution >= 4 is 11.8 Å². The smallest absolute Gasteiger partial charge is 0.269 e. The zero-order chi connectivity index (χ0) is 20.8. The van der Waals surface area contributed by atoms with E-state index in [1.807, 2.05) is 48.2 Å². The Kier molecular flexibility index (Phi) is 4.38. The maximum Gasteiger partial charge on any atom is 0.269 e. The molecule has 2 atom stereocenters. The fourth-order valence-electron chi connectivity index (χ4n) is 4.83. The summed E-state index contributed by atoms with van der Waals surface area (Å²) in [7, 11) is 0. The summed E-state index contributed by atoms with van der Waals surface area (Å²) >= 11 is 0. The van der Waals surface area contributed by atoms with E-state index in [0.717, 1.165) is 35.5 Å². The highest BCUT2D eigenvalue weighted by Crippen LogP contribution is 2.36. The number of nitrogens with two attached hydrogens (primary N) is 1. The van der Waals surface area contributed by atoms with E-state index in [1.54, 1.807) is 12.4 Å². The molecule has 0 unspecified atom stereocenters.